The molecule has 0 radical (unpaired) electrons. The standard InChI is InChI=1S/C13H21BrN2O3S.ClH/c1-4-13(5-2,9-15)16-20(17,18)12-7-10(14)6-11(8-12)19-3;/h6-8,16H,4-5,9,15H2,1-3H3;1H. The molecule has 0 spiro atoms. The highest BCUT2D eigenvalue weighted by molar-refractivity contribution is 9.10. The van der Waals surface area contributed by atoms with Crippen LogP contribution < -0.4 is 15.2 Å². The van der Waals surface area contributed by atoms with Crippen LogP contribution >= 0.6 is 28.3 Å². The lowest BCUT2D eigenvalue weighted by molar-refractivity contribution is 0.363. The van der Waals surface area contributed by atoms with E-state index < -0.39 is 15.6 Å². The van der Waals surface area contributed by atoms with Crippen molar-refractivity contribution in [2.45, 2.75) is 37.1 Å². The minimum Gasteiger partial charge on any atom is -0.497 e. The van der Waals surface area contributed by atoms with Gasteiger partial charge in [0.2, 0.25) is 10.0 Å². The minimum absolute atomic E-state index is 0. The Labute approximate surface area is 141 Å². The zero-order valence-electron chi connectivity index (χ0n) is 12.3. The molecule has 0 saturated carbocycles. The largest absolute Gasteiger partial charge is 0.497 e. The Kier molecular flexibility index (Phi) is 8.20. The van der Waals surface area contributed by atoms with Crippen LogP contribution in [0.5, 0.6) is 5.75 Å². The van der Waals surface area contributed by atoms with Crippen LogP contribution in [-0.4, -0.2) is 27.6 Å². The number of hydrogen-bond donors (Lipinski definition) is 2. The highest BCUT2D eigenvalue weighted by Crippen LogP contribution is 2.26. The van der Waals surface area contributed by atoms with Gasteiger partial charge in [-0.3, -0.25) is 0 Å². The Hall–Kier alpha value is -0.340. The first-order chi connectivity index (χ1) is 9.32. The van der Waals surface area contributed by atoms with E-state index >= 15 is 0 Å². The average molecular weight is 402 g/mol. The number of sulfonamides is 1. The second kappa shape index (κ2) is 8.33. The second-order valence-electron chi connectivity index (χ2n) is 4.62. The molecule has 0 heterocycles. The number of halogens is 2. The molecule has 0 aliphatic heterocycles. The highest BCUT2D eigenvalue weighted by atomic mass is 79.9. The van der Waals surface area contributed by atoms with Crippen molar-refractivity contribution in [2.75, 3.05) is 13.7 Å². The van der Waals surface area contributed by atoms with Gasteiger partial charge in [0, 0.05) is 22.6 Å². The molecule has 0 unspecified atom stereocenters. The lowest BCUT2D eigenvalue weighted by Crippen LogP contribution is -2.52. The fourth-order valence-electron chi connectivity index (χ4n) is 1.88. The summed E-state index contributed by atoms with van der Waals surface area (Å²) in [5, 5.41) is 0. The van der Waals surface area contributed by atoms with Crippen molar-refractivity contribution >= 4 is 38.4 Å². The Bertz CT molecular complexity index is 554. The van der Waals surface area contributed by atoms with Gasteiger partial charge in [0.1, 0.15) is 5.75 Å². The number of benzene rings is 1. The second-order valence-corrected chi connectivity index (χ2v) is 7.22. The van der Waals surface area contributed by atoms with Crippen LogP contribution in [0.15, 0.2) is 27.6 Å². The predicted octanol–water partition coefficient (Wildman–Crippen LogP) is 2.68. The molecule has 1 aromatic carbocycles. The third kappa shape index (κ3) is 5.10. The van der Waals surface area contributed by atoms with Crippen LogP contribution in [0, 0.1) is 0 Å². The van der Waals surface area contributed by atoms with Crippen LogP contribution in [0.3, 0.4) is 0 Å². The van der Waals surface area contributed by atoms with Gasteiger partial charge in [0.25, 0.3) is 0 Å². The van der Waals surface area contributed by atoms with Crippen molar-refractivity contribution in [2.24, 2.45) is 5.73 Å². The highest BCUT2D eigenvalue weighted by Gasteiger charge is 2.31. The third-order valence-corrected chi connectivity index (χ3v) is 5.50. The number of rotatable bonds is 7. The summed E-state index contributed by atoms with van der Waals surface area (Å²) in [7, 11) is -2.16. The quantitative estimate of drug-likeness (QED) is 0.736. The zero-order valence-corrected chi connectivity index (χ0v) is 15.6. The summed E-state index contributed by atoms with van der Waals surface area (Å²) >= 11 is 3.28. The number of methoxy groups -OCH3 is 1. The Morgan fingerprint density at radius 2 is 1.86 bits per heavy atom. The molecule has 8 heteroatoms. The van der Waals surface area contributed by atoms with Gasteiger partial charge in [0.05, 0.1) is 12.0 Å². The predicted molar refractivity (Wildman–Crippen MR) is 90.6 cm³/mol. The monoisotopic (exact) mass is 400 g/mol. The van der Waals surface area contributed by atoms with Gasteiger partial charge in [-0.25, -0.2) is 13.1 Å². The van der Waals surface area contributed by atoms with Gasteiger partial charge in [-0.15, -0.1) is 12.4 Å². The van der Waals surface area contributed by atoms with E-state index in [1.807, 2.05) is 13.8 Å². The molecule has 0 bridgehead atoms. The van der Waals surface area contributed by atoms with Crippen LogP contribution in [0.2, 0.25) is 0 Å². The summed E-state index contributed by atoms with van der Waals surface area (Å²) in [5.41, 5.74) is 5.12. The maximum Gasteiger partial charge on any atom is 0.241 e. The van der Waals surface area contributed by atoms with E-state index in [-0.39, 0.29) is 23.8 Å². The molecular weight excluding hydrogens is 380 g/mol. The molecule has 0 fully saturated rings. The van der Waals surface area contributed by atoms with Gasteiger partial charge in [-0.1, -0.05) is 29.8 Å². The van der Waals surface area contributed by atoms with Gasteiger partial charge in [-0.2, -0.15) is 0 Å². The van der Waals surface area contributed by atoms with E-state index in [9.17, 15) is 8.42 Å². The van der Waals surface area contributed by atoms with Gasteiger partial charge >= 0.3 is 0 Å². The topological polar surface area (TPSA) is 81.4 Å². The molecule has 122 valence electrons. The summed E-state index contributed by atoms with van der Waals surface area (Å²) in [6.45, 7) is 4.09. The van der Waals surface area contributed by atoms with Crippen LogP contribution in [0.1, 0.15) is 26.7 Å². The first-order valence-corrected chi connectivity index (χ1v) is 8.68. The molecule has 0 atom stereocenters. The van der Waals surface area contributed by atoms with Crippen molar-refractivity contribution in [3.63, 3.8) is 0 Å². The first kappa shape index (κ1) is 20.7. The lowest BCUT2D eigenvalue weighted by atomic mass is 9.95. The molecule has 0 aromatic heterocycles. The van der Waals surface area contributed by atoms with Crippen molar-refractivity contribution in [1.82, 2.24) is 4.72 Å². The molecule has 0 amide bonds. The summed E-state index contributed by atoms with van der Waals surface area (Å²) < 4.78 is 33.5. The first-order valence-electron chi connectivity index (χ1n) is 6.41. The van der Waals surface area contributed by atoms with E-state index in [1.165, 1.54) is 19.2 Å². The molecule has 0 aliphatic carbocycles. The van der Waals surface area contributed by atoms with E-state index in [4.69, 9.17) is 10.5 Å². The molecule has 1 rings (SSSR count). The molecule has 21 heavy (non-hydrogen) atoms. The van der Waals surface area contributed by atoms with E-state index in [0.29, 0.717) is 23.1 Å². The molecule has 1 aromatic rings. The van der Waals surface area contributed by atoms with Crippen molar-refractivity contribution in [3.05, 3.63) is 22.7 Å². The smallest absolute Gasteiger partial charge is 0.241 e. The third-order valence-electron chi connectivity index (χ3n) is 3.49. The Morgan fingerprint density at radius 3 is 2.29 bits per heavy atom. The van der Waals surface area contributed by atoms with Crippen LogP contribution in [0.25, 0.3) is 0 Å². The van der Waals surface area contributed by atoms with Crippen LogP contribution in [-0.2, 0) is 10.0 Å². The van der Waals surface area contributed by atoms with Crippen molar-refractivity contribution < 1.29 is 13.2 Å². The molecular formula is C13H22BrClN2O3S. The Balaban J connectivity index is 0.00000400. The number of nitrogens with two attached hydrogens (primary N) is 1. The number of hydrogen-bond acceptors (Lipinski definition) is 4. The summed E-state index contributed by atoms with van der Waals surface area (Å²) in [4.78, 5) is 0.156. The fraction of sp³-hybridized carbons (Fsp3) is 0.538. The number of ether oxygens (including phenoxy) is 1. The van der Waals surface area contributed by atoms with Crippen LogP contribution in [0.4, 0.5) is 0 Å². The molecule has 3 N–H and O–H groups in total. The van der Waals surface area contributed by atoms with Gasteiger partial charge < -0.3 is 10.5 Å². The van der Waals surface area contributed by atoms with Gasteiger partial charge in [0.15, 0.2) is 0 Å². The van der Waals surface area contributed by atoms with Crippen molar-refractivity contribution in [1.29, 1.82) is 0 Å². The summed E-state index contributed by atoms with van der Waals surface area (Å²) in [6.07, 6.45) is 1.26. The molecule has 5 nitrogen and oxygen atoms in total. The zero-order chi connectivity index (χ0) is 15.4. The maximum atomic E-state index is 12.5. The van der Waals surface area contributed by atoms with E-state index in [1.54, 1.807) is 6.07 Å². The fourth-order valence-corrected chi connectivity index (χ4v) is 4.12. The lowest BCUT2D eigenvalue weighted by Gasteiger charge is -2.31. The maximum absolute atomic E-state index is 12.5. The molecule has 0 saturated heterocycles. The average Bonchev–Trinajstić information content (AvgIpc) is 2.44. The summed E-state index contributed by atoms with van der Waals surface area (Å²) in [6, 6.07) is 4.73. The SMILES string of the molecule is CCC(CC)(CN)NS(=O)(=O)c1cc(Br)cc(OC)c1.Cl. The normalized spacial score (nSPS) is 11.9. The van der Waals surface area contributed by atoms with E-state index in [0.717, 1.165) is 0 Å². The van der Waals surface area contributed by atoms with Crippen molar-refractivity contribution in [3.8, 4) is 5.75 Å². The van der Waals surface area contributed by atoms with E-state index in [2.05, 4.69) is 20.7 Å². The minimum atomic E-state index is -3.65. The molecule has 0 aliphatic rings. The summed E-state index contributed by atoms with van der Waals surface area (Å²) in [5.74, 6) is 0.478. The number of nitrogens with one attached hydrogen (secondary N) is 1. The Morgan fingerprint density at radius 1 is 1.29 bits per heavy atom. The van der Waals surface area contributed by atoms with Gasteiger partial charge in [-0.05, 0) is 25.0 Å².